The first-order valence-electron chi connectivity index (χ1n) is 10.6. The highest BCUT2D eigenvalue weighted by molar-refractivity contribution is 8.14. The van der Waals surface area contributed by atoms with E-state index in [9.17, 15) is 9.59 Å². The van der Waals surface area contributed by atoms with Crippen molar-refractivity contribution in [3.8, 4) is 11.5 Å². The number of carbonyl (C=O) groups is 2. The summed E-state index contributed by atoms with van der Waals surface area (Å²) in [6, 6.07) is 18.5. The Morgan fingerprint density at radius 3 is 2.76 bits per heavy atom. The van der Waals surface area contributed by atoms with Crippen LogP contribution in [0.25, 0.3) is 6.08 Å². The van der Waals surface area contributed by atoms with Gasteiger partial charge in [-0.05, 0) is 47.5 Å². The SMILES string of the molecule is O=C(CSC1=N/C(=C/c2cccnc2)C(=O)N1c1ccccc1)NCc1ccc2c(c1)OCO2. The zero-order valence-corrected chi connectivity index (χ0v) is 18.8. The van der Waals surface area contributed by atoms with E-state index in [1.807, 2.05) is 54.6 Å². The predicted octanol–water partition coefficient (Wildman–Crippen LogP) is 3.60. The monoisotopic (exact) mass is 472 g/mol. The lowest BCUT2D eigenvalue weighted by atomic mass is 10.2. The molecule has 5 rings (SSSR count). The summed E-state index contributed by atoms with van der Waals surface area (Å²) in [6.45, 7) is 0.563. The molecule has 2 aromatic carbocycles. The summed E-state index contributed by atoms with van der Waals surface area (Å²) in [5.41, 5.74) is 2.66. The summed E-state index contributed by atoms with van der Waals surface area (Å²) >= 11 is 1.21. The van der Waals surface area contributed by atoms with Gasteiger partial charge in [-0.3, -0.25) is 19.5 Å². The number of amides is 2. The Morgan fingerprint density at radius 1 is 1.09 bits per heavy atom. The van der Waals surface area contributed by atoms with Crippen LogP contribution < -0.4 is 19.7 Å². The molecule has 3 heterocycles. The quantitative estimate of drug-likeness (QED) is 0.551. The molecule has 1 aromatic heterocycles. The van der Waals surface area contributed by atoms with Gasteiger partial charge in [-0.2, -0.15) is 0 Å². The third-order valence-corrected chi connectivity index (χ3v) is 6.03. The number of amidine groups is 1. The van der Waals surface area contributed by atoms with Crippen molar-refractivity contribution in [2.45, 2.75) is 6.54 Å². The maximum absolute atomic E-state index is 13.2. The third kappa shape index (κ3) is 4.79. The Kier molecular flexibility index (Phi) is 6.26. The molecule has 0 bridgehead atoms. The van der Waals surface area contributed by atoms with E-state index in [0.29, 0.717) is 34.6 Å². The van der Waals surface area contributed by atoms with Crippen LogP contribution in [0.1, 0.15) is 11.1 Å². The average Bonchev–Trinajstić information content (AvgIpc) is 3.46. The van der Waals surface area contributed by atoms with E-state index in [1.165, 1.54) is 16.7 Å². The number of para-hydroxylation sites is 1. The molecule has 3 aromatic rings. The van der Waals surface area contributed by atoms with Crippen molar-refractivity contribution in [3.63, 3.8) is 0 Å². The normalized spacial score (nSPS) is 15.5. The Bertz CT molecular complexity index is 1280. The molecule has 2 amide bonds. The zero-order chi connectivity index (χ0) is 23.3. The van der Waals surface area contributed by atoms with Crippen LogP contribution in [0.15, 0.2) is 83.7 Å². The lowest BCUT2D eigenvalue weighted by Crippen LogP contribution is -2.32. The van der Waals surface area contributed by atoms with E-state index in [0.717, 1.165) is 11.1 Å². The van der Waals surface area contributed by atoms with Crippen molar-refractivity contribution in [2.75, 3.05) is 17.4 Å². The van der Waals surface area contributed by atoms with E-state index < -0.39 is 0 Å². The smallest absolute Gasteiger partial charge is 0.283 e. The fraction of sp³-hybridized carbons (Fsp3) is 0.120. The summed E-state index contributed by atoms with van der Waals surface area (Å²) in [5, 5.41) is 3.34. The second kappa shape index (κ2) is 9.80. The van der Waals surface area contributed by atoms with Crippen molar-refractivity contribution in [2.24, 2.45) is 4.99 Å². The number of rotatable bonds is 6. The lowest BCUT2D eigenvalue weighted by molar-refractivity contribution is -0.118. The van der Waals surface area contributed by atoms with Crippen LogP contribution in [-0.4, -0.2) is 34.5 Å². The number of nitrogens with zero attached hydrogens (tertiary/aromatic N) is 3. The Morgan fingerprint density at radius 2 is 1.94 bits per heavy atom. The molecule has 0 atom stereocenters. The van der Waals surface area contributed by atoms with Gasteiger partial charge in [0, 0.05) is 18.9 Å². The van der Waals surface area contributed by atoms with Crippen molar-refractivity contribution in [1.29, 1.82) is 0 Å². The first kappa shape index (κ1) is 21.7. The molecule has 1 N–H and O–H groups in total. The van der Waals surface area contributed by atoms with E-state index >= 15 is 0 Å². The highest BCUT2D eigenvalue weighted by atomic mass is 32.2. The van der Waals surface area contributed by atoms with Crippen LogP contribution in [0.5, 0.6) is 11.5 Å². The summed E-state index contributed by atoms with van der Waals surface area (Å²) < 4.78 is 10.7. The maximum Gasteiger partial charge on any atom is 0.283 e. The molecule has 34 heavy (non-hydrogen) atoms. The van der Waals surface area contributed by atoms with Crippen LogP contribution in [-0.2, 0) is 16.1 Å². The third-order valence-electron chi connectivity index (χ3n) is 5.09. The van der Waals surface area contributed by atoms with E-state index in [-0.39, 0.29) is 24.4 Å². The van der Waals surface area contributed by atoms with Crippen LogP contribution in [0.2, 0.25) is 0 Å². The summed E-state index contributed by atoms with van der Waals surface area (Å²) in [5.74, 6) is 1.06. The van der Waals surface area contributed by atoms with Crippen LogP contribution >= 0.6 is 11.8 Å². The highest BCUT2D eigenvalue weighted by Crippen LogP contribution is 2.32. The molecular formula is C25H20N4O4S. The standard InChI is InChI=1S/C25H20N4O4S/c30-23(27-14-18-8-9-21-22(12-18)33-16-32-21)15-34-25-28-20(11-17-5-4-10-26-13-17)24(31)29(25)19-6-2-1-3-7-19/h1-13H,14-16H2,(H,27,30)/b20-11+. The molecule has 0 saturated heterocycles. The molecule has 2 aliphatic heterocycles. The van der Waals surface area contributed by atoms with Crippen molar-refractivity contribution in [3.05, 3.63) is 89.9 Å². The summed E-state index contributed by atoms with van der Waals surface area (Å²) in [7, 11) is 0. The number of thioether (sulfide) groups is 1. The molecule has 2 aliphatic rings. The van der Waals surface area contributed by atoms with Gasteiger partial charge in [0.25, 0.3) is 5.91 Å². The minimum absolute atomic E-state index is 0.111. The van der Waals surface area contributed by atoms with Gasteiger partial charge < -0.3 is 14.8 Å². The topological polar surface area (TPSA) is 93.1 Å². The largest absolute Gasteiger partial charge is 0.454 e. The van der Waals surface area contributed by atoms with Crippen LogP contribution in [0, 0.1) is 0 Å². The van der Waals surface area contributed by atoms with E-state index in [2.05, 4.69) is 15.3 Å². The number of aliphatic imine (C=N–C) groups is 1. The lowest BCUT2D eigenvalue weighted by Gasteiger charge is -2.17. The van der Waals surface area contributed by atoms with Crippen LogP contribution in [0.3, 0.4) is 0 Å². The number of nitrogens with one attached hydrogen (secondary N) is 1. The molecule has 0 saturated carbocycles. The van der Waals surface area contributed by atoms with Gasteiger partial charge in [0.15, 0.2) is 16.7 Å². The number of pyridine rings is 1. The van der Waals surface area contributed by atoms with Crippen molar-refractivity contribution >= 4 is 40.5 Å². The molecule has 0 fully saturated rings. The summed E-state index contributed by atoms with van der Waals surface area (Å²) in [4.78, 5) is 35.8. The molecule has 170 valence electrons. The number of aromatic nitrogens is 1. The Labute approximate surface area is 200 Å². The van der Waals surface area contributed by atoms with E-state index in [1.54, 1.807) is 24.5 Å². The fourth-order valence-electron chi connectivity index (χ4n) is 3.45. The van der Waals surface area contributed by atoms with Gasteiger partial charge in [0.1, 0.15) is 5.70 Å². The Balaban J connectivity index is 1.27. The molecule has 0 radical (unpaired) electrons. The number of ether oxygens (including phenoxy) is 2. The number of hydrogen-bond donors (Lipinski definition) is 1. The van der Waals surface area contributed by atoms with Gasteiger partial charge in [0.2, 0.25) is 12.7 Å². The minimum atomic E-state index is -0.252. The average molecular weight is 473 g/mol. The number of anilines is 1. The van der Waals surface area contributed by atoms with Gasteiger partial charge >= 0.3 is 0 Å². The van der Waals surface area contributed by atoms with Crippen molar-refractivity contribution < 1.29 is 19.1 Å². The summed E-state index contributed by atoms with van der Waals surface area (Å²) in [6.07, 6.45) is 5.03. The first-order chi connectivity index (χ1) is 16.7. The zero-order valence-electron chi connectivity index (χ0n) is 18.0. The molecule has 0 unspecified atom stereocenters. The second-order valence-corrected chi connectivity index (χ2v) is 8.38. The van der Waals surface area contributed by atoms with Crippen molar-refractivity contribution in [1.82, 2.24) is 10.3 Å². The van der Waals surface area contributed by atoms with Gasteiger partial charge in [-0.15, -0.1) is 0 Å². The number of fused-ring (bicyclic) bond motifs is 1. The Hall–Kier alpha value is -4.11. The first-order valence-corrected chi connectivity index (χ1v) is 11.5. The molecule has 0 spiro atoms. The fourth-order valence-corrected chi connectivity index (χ4v) is 4.29. The van der Waals surface area contributed by atoms with Gasteiger partial charge in [-0.25, -0.2) is 4.99 Å². The second-order valence-electron chi connectivity index (χ2n) is 7.44. The number of carbonyl (C=O) groups excluding carboxylic acids is 2. The highest BCUT2D eigenvalue weighted by Gasteiger charge is 2.32. The molecule has 8 nitrogen and oxygen atoms in total. The van der Waals surface area contributed by atoms with Crippen LogP contribution in [0.4, 0.5) is 5.69 Å². The number of benzene rings is 2. The molecule has 9 heteroatoms. The number of hydrogen-bond acceptors (Lipinski definition) is 7. The predicted molar refractivity (Wildman–Crippen MR) is 130 cm³/mol. The van der Waals surface area contributed by atoms with Gasteiger partial charge in [0.05, 0.1) is 11.4 Å². The molecule has 0 aliphatic carbocycles. The van der Waals surface area contributed by atoms with Gasteiger partial charge in [-0.1, -0.05) is 42.1 Å². The van der Waals surface area contributed by atoms with E-state index in [4.69, 9.17) is 9.47 Å². The minimum Gasteiger partial charge on any atom is -0.454 e. The molecular weight excluding hydrogens is 452 g/mol. The maximum atomic E-state index is 13.2.